The second-order valence-corrected chi connectivity index (χ2v) is 6.40. The lowest BCUT2D eigenvalue weighted by molar-refractivity contribution is -0.0265. The molecule has 0 spiro atoms. The number of aryl methyl sites for hydroxylation is 2. The summed E-state index contributed by atoms with van der Waals surface area (Å²) >= 11 is 0. The van der Waals surface area contributed by atoms with Crippen molar-refractivity contribution in [2.45, 2.75) is 25.4 Å². The lowest BCUT2D eigenvalue weighted by Crippen LogP contribution is -2.45. The number of amides is 1. The highest BCUT2D eigenvalue weighted by Crippen LogP contribution is 2.36. The van der Waals surface area contributed by atoms with E-state index >= 15 is 0 Å². The van der Waals surface area contributed by atoms with Crippen LogP contribution in [0.1, 0.15) is 34.6 Å². The highest BCUT2D eigenvalue weighted by atomic mass is 16.5. The van der Waals surface area contributed by atoms with Gasteiger partial charge in [-0.1, -0.05) is 0 Å². The standard InChI is InChI=1S/C17H23N5O4/c1-11-12(10-21(2)20-11)16(23)22-7-5-17(24,6-8-22)14-15(26-4)19-13(25-3)9-18-14/h9-10,24H,5-8H2,1-4H3. The van der Waals surface area contributed by atoms with E-state index in [-0.39, 0.29) is 11.8 Å². The zero-order chi connectivity index (χ0) is 18.9. The van der Waals surface area contributed by atoms with Gasteiger partial charge in [-0.15, -0.1) is 0 Å². The molecule has 2 aromatic rings. The Morgan fingerprint density at radius 2 is 1.96 bits per heavy atom. The van der Waals surface area contributed by atoms with E-state index in [4.69, 9.17) is 9.47 Å². The Kier molecular flexibility index (Phi) is 4.82. The zero-order valence-electron chi connectivity index (χ0n) is 15.4. The third kappa shape index (κ3) is 3.22. The van der Waals surface area contributed by atoms with Gasteiger partial charge in [-0.05, 0) is 19.8 Å². The summed E-state index contributed by atoms with van der Waals surface area (Å²) in [4.78, 5) is 22.9. The molecule has 1 saturated heterocycles. The third-order valence-electron chi connectivity index (χ3n) is 4.68. The Bertz CT molecular complexity index is 811. The van der Waals surface area contributed by atoms with Crippen LogP contribution in [-0.4, -0.2) is 63.0 Å². The van der Waals surface area contributed by atoms with Gasteiger partial charge < -0.3 is 19.5 Å². The number of aromatic nitrogens is 4. The minimum absolute atomic E-state index is 0.0783. The molecule has 0 saturated carbocycles. The van der Waals surface area contributed by atoms with Crippen LogP contribution in [0.3, 0.4) is 0 Å². The largest absolute Gasteiger partial charge is 0.480 e. The maximum atomic E-state index is 12.7. The first kappa shape index (κ1) is 18.1. The average molecular weight is 361 g/mol. The Balaban J connectivity index is 1.77. The van der Waals surface area contributed by atoms with Gasteiger partial charge in [0.25, 0.3) is 5.91 Å². The Hall–Kier alpha value is -2.68. The quantitative estimate of drug-likeness (QED) is 0.853. The molecule has 1 aliphatic rings. The molecule has 9 heteroatoms. The van der Waals surface area contributed by atoms with Crippen molar-refractivity contribution < 1.29 is 19.4 Å². The molecule has 1 N–H and O–H groups in total. The number of hydrogen-bond donors (Lipinski definition) is 1. The van der Waals surface area contributed by atoms with E-state index in [1.807, 2.05) is 6.92 Å². The van der Waals surface area contributed by atoms with Crippen LogP contribution < -0.4 is 9.47 Å². The van der Waals surface area contributed by atoms with Crippen LogP contribution in [-0.2, 0) is 12.6 Å². The Morgan fingerprint density at radius 3 is 2.50 bits per heavy atom. The molecule has 1 fully saturated rings. The minimum Gasteiger partial charge on any atom is -0.480 e. The van der Waals surface area contributed by atoms with Crippen molar-refractivity contribution in [3.63, 3.8) is 0 Å². The van der Waals surface area contributed by atoms with E-state index in [0.717, 1.165) is 0 Å². The predicted octanol–water partition coefficient (Wildman–Crippen LogP) is 0.660. The van der Waals surface area contributed by atoms with Gasteiger partial charge in [0, 0.05) is 26.3 Å². The molecular formula is C17H23N5O4. The number of rotatable bonds is 4. The van der Waals surface area contributed by atoms with Crippen molar-refractivity contribution >= 4 is 5.91 Å². The van der Waals surface area contributed by atoms with Crippen LogP contribution in [0.15, 0.2) is 12.4 Å². The summed E-state index contributed by atoms with van der Waals surface area (Å²) in [5.41, 5.74) is 0.442. The van der Waals surface area contributed by atoms with Crippen molar-refractivity contribution in [1.29, 1.82) is 0 Å². The molecule has 3 rings (SSSR count). The third-order valence-corrected chi connectivity index (χ3v) is 4.68. The maximum absolute atomic E-state index is 12.7. The topological polar surface area (TPSA) is 103 Å². The summed E-state index contributed by atoms with van der Waals surface area (Å²) in [7, 11) is 4.75. The fraction of sp³-hybridized carbons (Fsp3) is 0.529. The van der Waals surface area contributed by atoms with Crippen LogP contribution in [0.25, 0.3) is 0 Å². The minimum atomic E-state index is -1.20. The summed E-state index contributed by atoms with van der Waals surface area (Å²) in [5, 5.41) is 15.3. The first-order valence-electron chi connectivity index (χ1n) is 8.35. The Labute approximate surface area is 151 Å². The smallest absolute Gasteiger partial charge is 0.257 e. The van der Waals surface area contributed by atoms with E-state index in [1.165, 1.54) is 20.4 Å². The van der Waals surface area contributed by atoms with Crippen molar-refractivity contribution in [1.82, 2.24) is 24.6 Å². The van der Waals surface area contributed by atoms with Crippen molar-refractivity contribution in [2.75, 3.05) is 27.3 Å². The van der Waals surface area contributed by atoms with Gasteiger partial charge in [0.2, 0.25) is 11.8 Å². The number of ether oxygens (including phenoxy) is 2. The molecule has 1 aliphatic heterocycles. The number of carbonyl (C=O) groups is 1. The molecule has 1 amide bonds. The second kappa shape index (κ2) is 6.91. The first-order valence-corrected chi connectivity index (χ1v) is 8.35. The highest BCUT2D eigenvalue weighted by Gasteiger charge is 2.40. The molecule has 26 heavy (non-hydrogen) atoms. The molecule has 0 radical (unpaired) electrons. The number of aliphatic hydroxyl groups is 1. The van der Waals surface area contributed by atoms with Crippen LogP contribution in [0.2, 0.25) is 0 Å². The number of methoxy groups -OCH3 is 2. The molecule has 140 valence electrons. The summed E-state index contributed by atoms with van der Waals surface area (Å²) in [6, 6.07) is 0. The molecule has 2 aromatic heterocycles. The maximum Gasteiger partial charge on any atom is 0.257 e. The van der Waals surface area contributed by atoms with Crippen molar-refractivity contribution in [3.8, 4) is 11.8 Å². The molecule has 0 atom stereocenters. The van der Waals surface area contributed by atoms with Crippen molar-refractivity contribution in [3.05, 3.63) is 29.3 Å². The summed E-state index contributed by atoms with van der Waals surface area (Å²) in [6.07, 6.45) is 3.85. The van der Waals surface area contributed by atoms with Gasteiger partial charge in [0.15, 0.2) is 0 Å². The fourth-order valence-corrected chi connectivity index (χ4v) is 3.21. The van der Waals surface area contributed by atoms with Crippen LogP contribution >= 0.6 is 0 Å². The number of carbonyl (C=O) groups excluding carboxylic acids is 1. The summed E-state index contributed by atoms with van der Waals surface area (Å²) in [5.74, 6) is 0.467. The van der Waals surface area contributed by atoms with Crippen LogP contribution in [0, 0.1) is 6.92 Å². The molecule has 0 aliphatic carbocycles. The van der Waals surface area contributed by atoms with E-state index in [0.29, 0.717) is 48.8 Å². The number of nitrogens with zero attached hydrogens (tertiary/aromatic N) is 5. The van der Waals surface area contributed by atoms with Crippen molar-refractivity contribution in [2.24, 2.45) is 7.05 Å². The molecule has 0 unspecified atom stereocenters. The second-order valence-electron chi connectivity index (χ2n) is 6.40. The van der Waals surface area contributed by atoms with Crippen LogP contribution in [0.4, 0.5) is 0 Å². The van der Waals surface area contributed by atoms with Gasteiger partial charge in [0.05, 0.1) is 31.7 Å². The first-order chi connectivity index (χ1) is 12.4. The van der Waals surface area contributed by atoms with E-state index < -0.39 is 5.60 Å². The van der Waals surface area contributed by atoms with Gasteiger partial charge in [-0.3, -0.25) is 9.48 Å². The highest BCUT2D eigenvalue weighted by molar-refractivity contribution is 5.95. The summed E-state index contributed by atoms with van der Waals surface area (Å²) in [6.45, 7) is 2.62. The Morgan fingerprint density at radius 1 is 1.27 bits per heavy atom. The molecule has 3 heterocycles. The summed E-state index contributed by atoms with van der Waals surface area (Å²) < 4.78 is 11.9. The van der Waals surface area contributed by atoms with Crippen LogP contribution in [0.5, 0.6) is 11.8 Å². The van der Waals surface area contributed by atoms with Gasteiger partial charge in [-0.25, -0.2) is 4.98 Å². The lowest BCUT2D eigenvalue weighted by atomic mass is 9.87. The molecular weight excluding hydrogens is 338 g/mol. The van der Waals surface area contributed by atoms with Gasteiger partial charge >= 0.3 is 0 Å². The van der Waals surface area contributed by atoms with Gasteiger partial charge in [0.1, 0.15) is 11.3 Å². The predicted molar refractivity (Wildman–Crippen MR) is 92.1 cm³/mol. The van der Waals surface area contributed by atoms with E-state index in [2.05, 4.69) is 15.1 Å². The lowest BCUT2D eigenvalue weighted by Gasteiger charge is -2.37. The SMILES string of the molecule is COc1cnc(C2(O)CCN(C(=O)c3cn(C)nc3C)CC2)c(OC)n1. The molecule has 9 nitrogen and oxygen atoms in total. The fourth-order valence-electron chi connectivity index (χ4n) is 3.21. The number of piperidine rings is 1. The average Bonchev–Trinajstić information content (AvgIpc) is 2.99. The normalized spacial score (nSPS) is 16.4. The monoisotopic (exact) mass is 361 g/mol. The number of hydrogen-bond acceptors (Lipinski definition) is 7. The molecule has 0 aromatic carbocycles. The number of likely N-dealkylation sites (tertiary alicyclic amines) is 1. The van der Waals surface area contributed by atoms with Gasteiger partial charge in [-0.2, -0.15) is 10.1 Å². The molecule has 0 bridgehead atoms. The van der Waals surface area contributed by atoms with E-state index in [1.54, 1.807) is 22.8 Å². The van der Waals surface area contributed by atoms with E-state index in [9.17, 15) is 9.90 Å². The zero-order valence-corrected chi connectivity index (χ0v) is 15.4.